The number of esters is 1. The molecule has 3 aliphatic rings. The summed E-state index contributed by atoms with van der Waals surface area (Å²) in [6, 6.07) is 0. The molecule has 1 N–H and O–H groups in total. The lowest BCUT2D eigenvalue weighted by Gasteiger charge is -2.62. The number of aliphatic hydroxyl groups excluding tert-OH is 1. The zero-order chi connectivity index (χ0) is 22.5. The van der Waals surface area contributed by atoms with Crippen molar-refractivity contribution in [2.45, 2.75) is 103 Å². The molecule has 4 nitrogen and oxygen atoms in total. The average molecular weight is 437 g/mol. The van der Waals surface area contributed by atoms with Gasteiger partial charge in [-0.1, -0.05) is 47.1 Å². The standard InChI is InChI=1S/C25H44O4Si/c1-9-11-17-14-18-20(19(26)15-17)25(16-28-21(18)27)13-10-12-24(5,6)22(25)29-30(7,8)23(2,3)4/h9,17-20,22,26H,1,10-16H2,2-8H3/t17-,18+,19+,20-,22?,25?/m0/s1. The number of carbonyl (C=O) groups is 1. The van der Waals surface area contributed by atoms with E-state index in [1.807, 2.05) is 6.08 Å². The molecular weight excluding hydrogens is 392 g/mol. The van der Waals surface area contributed by atoms with E-state index in [1.165, 1.54) is 0 Å². The molecule has 5 heteroatoms. The summed E-state index contributed by atoms with van der Waals surface area (Å²) in [6.45, 7) is 20.3. The largest absolute Gasteiger partial charge is 0.465 e. The van der Waals surface area contributed by atoms with E-state index >= 15 is 0 Å². The van der Waals surface area contributed by atoms with E-state index in [9.17, 15) is 9.90 Å². The van der Waals surface area contributed by atoms with E-state index < -0.39 is 14.4 Å². The summed E-state index contributed by atoms with van der Waals surface area (Å²) in [5.74, 6) is -0.119. The first-order valence-corrected chi connectivity index (χ1v) is 14.8. The normalized spacial score (nSPS) is 39.3. The Labute approximate surface area is 184 Å². The number of allylic oxidation sites excluding steroid dienone is 1. The van der Waals surface area contributed by atoms with Crippen molar-refractivity contribution >= 4 is 14.3 Å². The van der Waals surface area contributed by atoms with Gasteiger partial charge in [-0.15, -0.1) is 6.58 Å². The van der Waals surface area contributed by atoms with Crippen molar-refractivity contribution < 1.29 is 19.1 Å². The number of cyclic esters (lactones) is 1. The van der Waals surface area contributed by atoms with Crippen LogP contribution in [-0.2, 0) is 14.0 Å². The van der Waals surface area contributed by atoms with Gasteiger partial charge in [0, 0.05) is 11.3 Å². The topological polar surface area (TPSA) is 55.8 Å². The Morgan fingerprint density at radius 1 is 1.27 bits per heavy atom. The van der Waals surface area contributed by atoms with Crippen molar-refractivity contribution in [1.29, 1.82) is 0 Å². The van der Waals surface area contributed by atoms with E-state index in [0.717, 1.165) is 38.5 Å². The molecule has 2 unspecified atom stereocenters. The molecule has 1 aliphatic heterocycles. The van der Waals surface area contributed by atoms with Gasteiger partial charge in [0.05, 0.1) is 24.7 Å². The van der Waals surface area contributed by atoms with Gasteiger partial charge in [-0.3, -0.25) is 4.79 Å². The molecule has 0 aromatic rings. The van der Waals surface area contributed by atoms with E-state index in [4.69, 9.17) is 9.16 Å². The first-order chi connectivity index (χ1) is 13.7. The van der Waals surface area contributed by atoms with Gasteiger partial charge in [0.1, 0.15) is 0 Å². The van der Waals surface area contributed by atoms with Gasteiger partial charge in [0.25, 0.3) is 0 Å². The molecule has 2 aliphatic carbocycles. The predicted octanol–water partition coefficient (Wildman–Crippen LogP) is 5.71. The maximum Gasteiger partial charge on any atom is 0.309 e. The fourth-order valence-corrected chi connectivity index (χ4v) is 7.87. The smallest absolute Gasteiger partial charge is 0.309 e. The van der Waals surface area contributed by atoms with Gasteiger partial charge in [-0.05, 0) is 61.6 Å². The summed E-state index contributed by atoms with van der Waals surface area (Å²) in [7, 11) is -2.05. The lowest BCUT2D eigenvalue weighted by Crippen LogP contribution is -2.66. The van der Waals surface area contributed by atoms with Crippen molar-refractivity contribution in [3.8, 4) is 0 Å². The van der Waals surface area contributed by atoms with E-state index in [2.05, 4.69) is 54.3 Å². The second kappa shape index (κ2) is 8.04. The summed E-state index contributed by atoms with van der Waals surface area (Å²) in [5, 5.41) is 11.5. The molecule has 0 amide bonds. The van der Waals surface area contributed by atoms with E-state index in [1.54, 1.807) is 0 Å². The highest BCUT2D eigenvalue weighted by Gasteiger charge is 2.64. The fraction of sp³-hybridized carbons (Fsp3) is 0.880. The second-order valence-corrected chi connectivity index (χ2v) is 17.3. The van der Waals surface area contributed by atoms with Crippen LogP contribution in [0.25, 0.3) is 0 Å². The van der Waals surface area contributed by atoms with Gasteiger partial charge in [-0.2, -0.15) is 0 Å². The molecular formula is C25H44O4Si. The van der Waals surface area contributed by atoms with Crippen LogP contribution in [0.3, 0.4) is 0 Å². The maximum absolute atomic E-state index is 12.9. The molecule has 30 heavy (non-hydrogen) atoms. The maximum atomic E-state index is 12.9. The number of carbonyl (C=O) groups excluding carboxylic acids is 1. The molecule has 172 valence electrons. The molecule has 1 spiro atoms. The summed E-state index contributed by atoms with van der Waals surface area (Å²) in [4.78, 5) is 12.9. The van der Waals surface area contributed by atoms with Crippen LogP contribution < -0.4 is 0 Å². The Hall–Kier alpha value is -0.653. The zero-order valence-electron chi connectivity index (χ0n) is 20.3. The highest BCUT2D eigenvalue weighted by atomic mass is 28.4. The SMILES string of the molecule is C=CC[C@@H]1C[C@@H](O)[C@@H]2[C@@H](C1)C(=O)OCC21CCCC(C)(C)C1O[Si](C)(C)C(C)(C)C. The molecule has 0 aromatic carbocycles. The minimum absolute atomic E-state index is 0.00848. The van der Waals surface area contributed by atoms with Gasteiger partial charge >= 0.3 is 5.97 Å². The van der Waals surface area contributed by atoms with Gasteiger partial charge < -0.3 is 14.3 Å². The first kappa shape index (κ1) is 24.0. The Morgan fingerprint density at radius 2 is 1.93 bits per heavy atom. The van der Waals surface area contributed by atoms with E-state index in [-0.39, 0.29) is 39.8 Å². The molecule has 0 bridgehead atoms. The molecule has 0 aromatic heterocycles. The van der Waals surface area contributed by atoms with Crippen LogP contribution in [0.5, 0.6) is 0 Å². The number of ether oxygens (including phenoxy) is 1. The predicted molar refractivity (Wildman–Crippen MR) is 124 cm³/mol. The number of fused-ring (bicyclic) bond motifs is 2. The number of hydrogen-bond donors (Lipinski definition) is 1. The molecule has 2 saturated carbocycles. The van der Waals surface area contributed by atoms with E-state index in [0.29, 0.717) is 12.5 Å². The Balaban J connectivity index is 2.03. The molecule has 0 radical (unpaired) electrons. The first-order valence-electron chi connectivity index (χ1n) is 11.9. The van der Waals surface area contributed by atoms with Crippen molar-refractivity contribution in [2.24, 2.45) is 28.6 Å². The molecule has 3 fully saturated rings. The second-order valence-electron chi connectivity index (χ2n) is 12.5. The van der Waals surface area contributed by atoms with Gasteiger partial charge in [0.15, 0.2) is 8.32 Å². The lowest BCUT2D eigenvalue weighted by molar-refractivity contribution is -0.225. The molecule has 6 atom stereocenters. The van der Waals surface area contributed by atoms with Crippen LogP contribution >= 0.6 is 0 Å². The third kappa shape index (κ3) is 4.06. The van der Waals surface area contributed by atoms with Crippen molar-refractivity contribution in [2.75, 3.05) is 6.61 Å². The summed E-state index contributed by atoms with van der Waals surface area (Å²) >= 11 is 0. The van der Waals surface area contributed by atoms with Gasteiger partial charge in [-0.25, -0.2) is 0 Å². The lowest BCUT2D eigenvalue weighted by atomic mass is 9.50. The summed E-state index contributed by atoms with van der Waals surface area (Å²) < 4.78 is 13.1. The van der Waals surface area contributed by atoms with Crippen molar-refractivity contribution in [1.82, 2.24) is 0 Å². The molecule has 1 heterocycles. The third-order valence-corrected chi connectivity index (χ3v) is 13.3. The van der Waals surface area contributed by atoms with Crippen LogP contribution in [0.1, 0.15) is 73.1 Å². The number of rotatable bonds is 4. The van der Waals surface area contributed by atoms with Gasteiger partial charge in [0.2, 0.25) is 0 Å². The van der Waals surface area contributed by atoms with Crippen LogP contribution in [-0.4, -0.2) is 38.2 Å². The summed E-state index contributed by atoms with van der Waals surface area (Å²) in [5.41, 5.74) is -0.311. The van der Waals surface area contributed by atoms with Crippen LogP contribution in [0.2, 0.25) is 18.1 Å². The average Bonchev–Trinajstić information content (AvgIpc) is 2.60. The summed E-state index contributed by atoms with van der Waals surface area (Å²) in [6.07, 6.45) is 6.96. The Morgan fingerprint density at radius 3 is 2.53 bits per heavy atom. The highest BCUT2D eigenvalue weighted by molar-refractivity contribution is 6.74. The minimum Gasteiger partial charge on any atom is -0.465 e. The van der Waals surface area contributed by atoms with Crippen molar-refractivity contribution in [3.05, 3.63) is 12.7 Å². The highest BCUT2D eigenvalue weighted by Crippen LogP contribution is 2.60. The van der Waals surface area contributed by atoms with Crippen LogP contribution in [0.15, 0.2) is 12.7 Å². The molecule has 3 rings (SSSR count). The third-order valence-electron chi connectivity index (χ3n) is 8.87. The van der Waals surface area contributed by atoms with Crippen LogP contribution in [0, 0.1) is 28.6 Å². The fourth-order valence-electron chi connectivity index (χ4n) is 6.37. The Bertz CT molecular complexity index is 665. The minimum atomic E-state index is -2.05. The Kier molecular flexibility index (Phi) is 6.43. The van der Waals surface area contributed by atoms with Crippen LogP contribution in [0.4, 0.5) is 0 Å². The number of hydrogen-bond acceptors (Lipinski definition) is 4. The quantitative estimate of drug-likeness (QED) is 0.348. The number of aliphatic hydroxyl groups is 1. The zero-order valence-corrected chi connectivity index (χ0v) is 21.3. The molecule has 1 saturated heterocycles. The van der Waals surface area contributed by atoms with Crippen molar-refractivity contribution in [3.63, 3.8) is 0 Å². The monoisotopic (exact) mass is 436 g/mol.